The van der Waals surface area contributed by atoms with E-state index in [0.29, 0.717) is 17.8 Å². The van der Waals surface area contributed by atoms with Crippen molar-refractivity contribution < 1.29 is 5.11 Å². The summed E-state index contributed by atoms with van der Waals surface area (Å²) in [5.41, 5.74) is 4.80. The molecule has 26 heavy (non-hydrogen) atoms. The Morgan fingerprint density at radius 1 is 1.38 bits per heavy atom. The number of hydrogen-bond acceptors (Lipinski definition) is 4. The topological polar surface area (TPSA) is 80.0 Å². The molecule has 142 valence electrons. The Balaban J connectivity index is 2.07. The van der Waals surface area contributed by atoms with Gasteiger partial charge in [0, 0.05) is 31.5 Å². The zero-order valence-corrected chi connectivity index (χ0v) is 16.4. The molecule has 0 bridgehead atoms. The average molecular weight is 356 g/mol. The molecule has 0 spiro atoms. The van der Waals surface area contributed by atoms with E-state index in [1.165, 1.54) is 18.4 Å². The van der Waals surface area contributed by atoms with Crippen molar-refractivity contribution in [2.75, 3.05) is 13.2 Å². The van der Waals surface area contributed by atoms with E-state index < -0.39 is 0 Å². The van der Waals surface area contributed by atoms with Crippen LogP contribution < -0.4 is 5.32 Å². The molecule has 4 N–H and O–H groups in total. The summed E-state index contributed by atoms with van der Waals surface area (Å²) in [6.45, 7) is 11.1. The quantitative estimate of drug-likeness (QED) is 0.438. The molecule has 1 fully saturated rings. The monoisotopic (exact) mass is 355 g/mol. The van der Waals surface area contributed by atoms with Gasteiger partial charge in [0.1, 0.15) is 0 Å². The summed E-state index contributed by atoms with van der Waals surface area (Å²) in [4.78, 5) is 0. The molecule has 2 aliphatic rings. The molecule has 2 atom stereocenters. The fourth-order valence-corrected chi connectivity index (χ4v) is 3.27. The van der Waals surface area contributed by atoms with E-state index in [2.05, 4.69) is 24.9 Å². The van der Waals surface area contributed by atoms with Gasteiger partial charge < -0.3 is 21.2 Å². The summed E-state index contributed by atoms with van der Waals surface area (Å²) in [6, 6.07) is 0. The summed E-state index contributed by atoms with van der Waals surface area (Å²) in [5, 5.41) is 29.6. The van der Waals surface area contributed by atoms with Crippen molar-refractivity contribution in [1.82, 2.24) is 5.32 Å². The Hall–Kier alpha value is -1.94. The molecule has 0 aromatic rings. The third kappa shape index (κ3) is 5.53. The van der Waals surface area contributed by atoms with E-state index >= 15 is 0 Å². The van der Waals surface area contributed by atoms with Crippen LogP contribution in [0.1, 0.15) is 46.5 Å². The van der Waals surface area contributed by atoms with Crippen molar-refractivity contribution in [2.24, 2.45) is 17.8 Å². The van der Waals surface area contributed by atoms with Gasteiger partial charge in [0.15, 0.2) is 0 Å². The van der Waals surface area contributed by atoms with Gasteiger partial charge in [-0.3, -0.25) is 0 Å². The van der Waals surface area contributed by atoms with Gasteiger partial charge in [0.05, 0.1) is 5.71 Å². The fourth-order valence-electron chi connectivity index (χ4n) is 3.27. The van der Waals surface area contributed by atoms with E-state index in [-0.39, 0.29) is 18.4 Å². The summed E-state index contributed by atoms with van der Waals surface area (Å²) < 4.78 is 0. The normalized spacial score (nSPS) is 21.5. The molecule has 2 aliphatic carbocycles. The van der Waals surface area contributed by atoms with Gasteiger partial charge in [-0.2, -0.15) is 0 Å². The van der Waals surface area contributed by atoms with Crippen molar-refractivity contribution in [3.05, 3.63) is 47.2 Å². The zero-order chi connectivity index (χ0) is 19.3. The molecular formula is C22H33N3O. The minimum Gasteiger partial charge on any atom is -0.396 e. The molecule has 0 saturated heterocycles. The predicted octanol–water partition coefficient (Wildman–Crippen LogP) is 4.40. The molecule has 1 saturated carbocycles. The number of aliphatic hydroxyl groups excluding tert-OH is 1. The standard InChI is InChI=1S/C22H33N3O/c1-14-5-8-20(21(9-14)16(3)13-26)22(24)15(2)10-19(17(4)23)12-25-11-18-6-7-18/h5,8,12,16,18,21,23-26H,2,6-7,9-11,13H2,1,3-4H3/b19-12-,23-17?,24-22?. The maximum atomic E-state index is 9.59. The second kappa shape index (κ2) is 9.13. The van der Waals surface area contributed by atoms with Crippen LogP contribution >= 0.6 is 0 Å². The number of rotatable bonds is 10. The first-order valence-corrected chi connectivity index (χ1v) is 9.56. The maximum absolute atomic E-state index is 9.59. The predicted molar refractivity (Wildman–Crippen MR) is 110 cm³/mol. The summed E-state index contributed by atoms with van der Waals surface area (Å²) in [7, 11) is 0. The molecule has 2 unspecified atom stereocenters. The van der Waals surface area contributed by atoms with Crippen molar-refractivity contribution in [3.63, 3.8) is 0 Å². The lowest BCUT2D eigenvalue weighted by Gasteiger charge is -2.29. The highest BCUT2D eigenvalue weighted by molar-refractivity contribution is 6.12. The lowest BCUT2D eigenvalue weighted by molar-refractivity contribution is 0.203. The number of nitrogens with one attached hydrogen (secondary N) is 3. The third-order valence-corrected chi connectivity index (χ3v) is 5.37. The van der Waals surface area contributed by atoms with E-state index in [9.17, 15) is 5.11 Å². The van der Waals surface area contributed by atoms with Crippen LogP contribution in [0.25, 0.3) is 0 Å². The Morgan fingerprint density at radius 2 is 2.08 bits per heavy atom. The van der Waals surface area contributed by atoms with Crippen LogP contribution in [0.4, 0.5) is 0 Å². The van der Waals surface area contributed by atoms with Gasteiger partial charge in [-0.05, 0) is 67.6 Å². The molecule has 0 aliphatic heterocycles. The van der Waals surface area contributed by atoms with E-state index in [1.807, 2.05) is 19.2 Å². The summed E-state index contributed by atoms with van der Waals surface area (Å²) in [6.07, 6.45) is 9.96. The largest absolute Gasteiger partial charge is 0.396 e. The molecular weight excluding hydrogens is 322 g/mol. The first-order chi connectivity index (χ1) is 12.3. The second-order valence-electron chi connectivity index (χ2n) is 7.91. The van der Waals surface area contributed by atoms with Gasteiger partial charge in [-0.15, -0.1) is 0 Å². The van der Waals surface area contributed by atoms with Gasteiger partial charge in [-0.25, -0.2) is 0 Å². The Kier molecular flexibility index (Phi) is 7.15. The van der Waals surface area contributed by atoms with Crippen LogP contribution in [-0.4, -0.2) is 29.7 Å². The second-order valence-corrected chi connectivity index (χ2v) is 7.91. The Morgan fingerprint density at radius 3 is 2.65 bits per heavy atom. The number of allylic oxidation sites excluding steroid dienone is 6. The average Bonchev–Trinajstić information content (AvgIpc) is 3.43. The van der Waals surface area contributed by atoms with Gasteiger partial charge >= 0.3 is 0 Å². The fraction of sp³-hybridized carbons (Fsp3) is 0.545. The zero-order valence-electron chi connectivity index (χ0n) is 16.4. The van der Waals surface area contributed by atoms with Crippen molar-refractivity contribution in [2.45, 2.75) is 46.5 Å². The summed E-state index contributed by atoms with van der Waals surface area (Å²) in [5.74, 6) is 1.04. The summed E-state index contributed by atoms with van der Waals surface area (Å²) >= 11 is 0. The molecule has 0 amide bonds. The SMILES string of the molecule is C=C(C/C(=C/NCC1CC1)C(C)=N)C(=N)C1=CC=C(C)CC1C(C)CO. The number of aliphatic hydroxyl groups is 1. The van der Waals surface area contributed by atoms with E-state index in [0.717, 1.165) is 35.6 Å². The maximum Gasteiger partial charge on any atom is 0.0604 e. The van der Waals surface area contributed by atoms with Crippen molar-refractivity contribution >= 4 is 11.4 Å². The highest BCUT2D eigenvalue weighted by atomic mass is 16.3. The van der Waals surface area contributed by atoms with Crippen LogP contribution in [-0.2, 0) is 0 Å². The lowest BCUT2D eigenvalue weighted by atomic mass is 9.76. The van der Waals surface area contributed by atoms with Crippen LogP contribution in [0.2, 0.25) is 0 Å². The minimum absolute atomic E-state index is 0.109. The molecule has 0 heterocycles. The first-order valence-electron chi connectivity index (χ1n) is 9.56. The highest BCUT2D eigenvalue weighted by Gasteiger charge is 2.27. The van der Waals surface area contributed by atoms with Crippen molar-refractivity contribution in [1.29, 1.82) is 10.8 Å². The molecule has 2 rings (SSSR count). The Bertz CT molecular complexity index is 665. The van der Waals surface area contributed by atoms with Crippen LogP contribution in [0.3, 0.4) is 0 Å². The van der Waals surface area contributed by atoms with E-state index in [4.69, 9.17) is 10.8 Å². The van der Waals surface area contributed by atoms with Gasteiger partial charge in [0.25, 0.3) is 0 Å². The molecule has 4 heteroatoms. The lowest BCUT2D eigenvalue weighted by Crippen LogP contribution is -2.25. The molecule has 0 aromatic heterocycles. The smallest absolute Gasteiger partial charge is 0.0604 e. The van der Waals surface area contributed by atoms with Crippen LogP contribution in [0, 0.1) is 28.6 Å². The molecule has 0 aromatic carbocycles. The van der Waals surface area contributed by atoms with Crippen molar-refractivity contribution in [3.8, 4) is 0 Å². The molecule has 0 radical (unpaired) electrons. The minimum atomic E-state index is 0.109. The highest BCUT2D eigenvalue weighted by Crippen LogP contribution is 2.34. The Labute approximate surface area is 157 Å². The van der Waals surface area contributed by atoms with Gasteiger partial charge in [0.2, 0.25) is 0 Å². The van der Waals surface area contributed by atoms with Crippen LogP contribution in [0.5, 0.6) is 0 Å². The third-order valence-electron chi connectivity index (χ3n) is 5.37. The van der Waals surface area contributed by atoms with Crippen LogP contribution in [0.15, 0.2) is 47.2 Å². The van der Waals surface area contributed by atoms with E-state index in [1.54, 1.807) is 6.92 Å². The number of hydrogen-bond donors (Lipinski definition) is 4. The van der Waals surface area contributed by atoms with Gasteiger partial charge in [-0.1, -0.05) is 31.2 Å². The first kappa shape index (κ1) is 20.4. The molecule has 4 nitrogen and oxygen atoms in total.